The molecule has 3 rings (SSSR count). The number of carbonyl (C=O) groups is 1. The van der Waals surface area contributed by atoms with E-state index in [1.165, 1.54) is 25.1 Å². The summed E-state index contributed by atoms with van der Waals surface area (Å²) in [5, 5.41) is 23.5. The van der Waals surface area contributed by atoms with Crippen molar-refractivity contribution in [2.75, 3.05) is 30.3 Å². The number of nitrogens with zero attached hydrogens (tertiary/aromatic N) is 3. The molecule has 1 aromatic carbocycles. The van der Waals surface area contributed by atoms with E-state index in [-0.39, 0.29) is 41.2 Å². The van der Waals surface area contributed by atoms with E-state index in [2.05, 4.69) is 36.0 Å². The summed E-state index contributed by atoms with van der Waals surface area (Å²) in [5.74, 6) is -0.0531. The van der Waals surface area contributed by atoms with Crippen LogP contribution in [0.25, 0.3) is 0 Å². The van der Waals surface area contributed by atoms with Gasteiger partial charge in [-0.1, -0.05) is 18.2 Å². The van der Waals surface area contributed by atoms with Crippen LogP contribution in [0.5, 0.6) is 5.75 Å². The summed E-state index contributed by atoms with van der Waals surface area (Å²) in [6.07, 6.45) is -0.0325. The highest BCUT2D eigenvalue weighted by Gasteiger charge is 2.32. The minimum absolute atomic E-state index is 0.0296. The third-order valence-corrected chi connectivity index (χ3v) is 5.94. The maximum Gasteiger partial charge on any atom is 0.573 e. The third kappa shape index (κ3) is 9.37. The molecule has 37 heavy (non-hydrogen) atoms. The average molecular weight is 526 g/mol. The highest BCUT2D eigenvalue weighted by atomic mass is 19.4. The van der Waals surface area contributed by atoms with E-state index in [1.54, 1.807) is 6.07 Å². The number of hydrogen-bond donors (Lipinski definition) is 4. The normalized spacial score (nSPS) is 17.6. The molecule has 14 heteroatoms. The number of nitrogens with one attached hydrogen (secondary N) is 4. The number of nitro groups is 1. The van der Waals surface area contributed by atoms with E-state index in [9.17, 15) is 28.1 Å². The minimum atomic E-state index is -4.83. The van der Waals surface area contributed by atoms with Gasteiger partial charge in [0.15, 0.2) is 0 Å². The molecule has 1 saturated carbocycles. The third-order valence-electron chi connectivity index (χ3n) is 5.94. The van der Waals surface area contributed by atoms with Crippen molar-refractivity contribution in [1.82, 2.24) is 20.6 Å². The molecular weight excluding hydrogens is 495 g/mol. The fourth-order valence-corrected chi connectivity index (χ4v) is 4.10. The quantitative estimate of drug-likeness (QED) is 0.186. The number of carbonyl (C=O) groups excluding carboxylic acids is 1. The second kappa shape index (κ2) is 13.0. The van der Waals surface area contributed by atoms with E-state index < -0.39 is 11.3 Å². The smallest absolute Gasteiger partial charge is 0.405 e. The summed E-state index contributed by atoms with van der Waals surface area (Å²) < 4.78 is 42.0. The summed E-state index contributed by atoms with van der Waals surface area (Å²) in [7, 11) is 0. The van der Waals surface area contributed by atoms with Gasteiger partial charge in [0.2, 0.25) is 17.7 Å². The molecule has 0 saturated heterocycles. The standard InChI is InChI=1S/C23H30F3N7O4/c1-15(34)27-10-11-28-18-8-6-16(7-9-18)12-29-21-19(33(35)36)14-31-22(32-21)30-13-17-4-2-3-5-20(17)37-23(24,25)26/h2-5,14,16,18,28H,6-13H2,1H3,(H,27,34)(H2,29,30,31,32). The first-order valence-corrected chi connectivity index (χ1v) is 11.9. The van der Waals surface area contributed by atoms with Crippen LogP contribution in [0.15, 0.2) is 30.5 Å². The molecule has 1 aliphatic carbocycles. The first kappa shape index (κ1) is 27.9. The Morgan fingerprint density at radius 1 is 1.16 bits per heavy atom. The number of aromatic nitrogens is 2. The SMILES string of the molecule is CC(=O)NCCNC1CCC(CNc2nc(NCc3ccccc3OC(F)(F)F)ncc2[N+](=O)[O-])CC1. The fraction of sp³-hybridized carbons (Fsp3) is 0.522. The molecule has 1 heterocycles. The van der Waals surface area contributed by atoms with E-state index in [0.717, 1.165) is 31.9 Å². The molecule has 0 atom stereocenters. The maximum absolute atomic E-state index is 12.7. The largest absolute Gasteiger partial charge is 0.573 e. The monoisotopic (exact) mass is 525 g/mol. The van der Waals surface area contributed by atoms with Crippen molar-refractivity contribution in [2.24, 2.45) is 5.92 Å². The molecule has 2 aromatic rings. The number of para-hydroxylation sites is 1. The first-order chi connectivity index (χ1) is 17.6. The van der Waals surface area contributed by atoms with Gasteiger partial charge in [-0.15, -0.1) is 13.2 Å². The molecule has 202 valence electrons. The molecule has 1 aromatic heterocycles. The maximum atomic E-state index is 12.7. The van der Waals surface area contributed by atoms with Crippen molar-refractivity contribution < 1.29 is 27.6 Å². The topological polar surface area (TPSA) is 143 Å². The second-order valence-corrected chi connectivity index (χ2v) is 8.73. The molecule has 4 N–H and O–H groups in total. The number of hydrogen-bond acceptors (Lipinski definition) is 9. The zero-order valence-corrected chi connectivity index (χ0v) is 20.3. The number of anilines is 2. The molecule has 0 aliphatic heterocycles. The van der Waals surface area contributed by atoms with Crippen molar-refractivity contribution >= 4 is 23.4 Å². The van der Waals surface area contributed by atoms with Gasteiger partial charge in [-0.3, -0.25) is 14.9 Å². The predicted molar refractivity (Wildman–Crippen MR) is 130 cm³/mol. The van der Waals surface area contributed by atoms with Gasteiger partial charge in [0, 0.05) is 44.7 Å². The van der Waals surface area contributed by atoms with Crippen molar-refractivity contribution in [3.8, 4) is 5.75 Å². The Morgan fingerprint density at radius 2 is 1.89 bits per heavy atom. The van der Waals surface area contributed by atoms with Crippen LogP contribution < -0.4 is 26.0 Å². The number of amides is 1. The Morgan fingerprint density at radius 3 is 2.57 bits per heavy atom. The van der Waals surface area contributed by atoms with Crippen LogP contribution in [-0.2, 0) is 11.3 Å². The van der Waals surface area contributed by atoms with Crippen LogP contribution in [0.4, 0.5) is 30.6 Å². The van der Waals surface area contributed by atoms with Crippen molar-refractivity contribution in [2.45, 2.75) is 51.6 Å². The lowest BCUT2D eigenvalue weighted by Crippen LogP contribution is -2.39. The number of benzene rings is 1. The van der Waals surface area contributed by atoms with Crippen LogP contribution >= 0.6 is 0 Å². The Kier molecular flexibility index (Phi) is 9.83. The number of rotatable bonds is 12. The van der Waals surface area contributed by atoms with Crippen LogP contribution in [0.1, 0.15) is 38.2 Å². The van der Waals surface area contributed by atoms with Crippen LogP contribution in [0.2, 0.25) is 0 Å². The summed E-state index contributed by atoms with van der Waals surface area (Å²) in [5.41, 5.74) is -0.0709. The first-order valence-electron chi connectivity index (χ1n) is 11.9. The van der Waals surface area contributed by atoms with Crippen LogP contribution in [-0.4, -0.2) is 52.8 Å². The number of alkyl halides is 3. The Hall–Kier alpha value is -3.68. The van der Waals surface area contributed by atoms with Gasteiger partial charge in [-0.05, 0) is 37.7 Å². The molecule has 0 unspecified atom stereocenters. The Bertz CT molecular complexity index is 1060. The van der Waals surface area contributed by atoms with E-state index >= 15 is 0 Å². The van der Waals surface area contributed by atoms with Gasteiger partial charge in [0.05, 0.1) is 4.92 Å². The van der Waals surface area contributed by atoms with Gasteiger partial charge in [0.25, 0.3) is 0 Å². The summed E-state index contributed by atoms with van der Waals surface area (Å²) in [6.45, 7) is 3.15. The molecule has 0 radical (unpaired) electrons. The predicted octanol–water partition coefficient (Wildman–Crippen LogP) is 3.59. The van der Waals surface area contributed by atoms with E-state index in [1.807, 2.05) is 0 Å². The molecule has 1 aliphatic rings. The average Bonchev–Trinajstić information content (AvgIpc) is 2.84. The highest BCUT2D eigenvalue weighted by molar-refractivity contribution is 5.72. The van der Waals surface area contributed by atoms with Crippen LogP contribution in [0.3, 0.4) is 0 Å². The Balaban J connectivity index is 1.54. The van der Waals surface area contributed by atoms with Crippen molar-refractivity contribution in [3.63, 3.8) is 0 Å². The lowest BCUT2D eigenvalue weighted by molar-refractivity contribution is -0.384. The minimum Gasteiger partial charge on any atom is -0.405 e. The lowest BCUT2D eigenvalue weighted by atomic mass is 9.86. The van der Waals surface area contributed by atoms with Gasteiger partial charge in [-0.25, -0.2) is 4.98 Å². The Labute approximate surface area is 211 Å². The van der Waals surface area contributed by atoms with Crippen molar-refractivity contribution in [3.05, 3.63) is 46.1 Å². The number of halogens is 3. The van der Waals surface area contributed by atoms with Crippen LogP contribution in [0, 0.1) is 16.0 Å². The molecule has 11 nitrogen and oxygen atoms in total. The summed E-state index contributed by atoms with van der Waals surface area (Å²) in [6, 6.07) is 6.01. The van der Waals surface area contributed by atoms with Gasteiger partial charge in [-0.2, -0.15) is 4.98 Å². The molecule has 1 fully saturated rings. The molecule has 1 amide bonds. The van der Waals surface area contributed by atoms with Crippen molar-refractivity contribution in [1.29, 1.82) is 0 Å². The second-order valence-electron chi connectivity index (χ2n) is 8.73. The van der Waals surface area contributed by atoms with E-state index in [0.29, 0.717) is 31.6 Å². The van der Waals surface area contributed by atoms with Gasteiger partial charge >= 0.3 is 12.0 Å². The molecule has 0 spiro atoms. The highest BCUT2D eigenvalue weighted by Crippen LogP contribution is 2.29. The number of ether oxygens (including phenoxy) is 1. The molecular formula is C23H30F3N7O4. The van der Waals surface area contributed by atoms with Gasteiger partial charge < -0.3 is 26.0 Å². The van der Waals surface area contributed by atoms with Gasteiger partial charge in [0.1, 0.15) is 11.9 Å². The molecule has 0 bridgehead atoms. The zero-order chi connectivity index (χ0) is 26.8. The zero-order valence-electron chi connectivity index (χ0n) is 20.3. The fourth-order valence-electron chi connectivity index (χ4n) is 4.10. The summed E-state index contributed by atoms with van der Waals surface area (Å²) in [4.78, 5) is 29.9. The summed E-state index contributed by atoms with van der Waals surface area (Å²) >= 11 is 0. The van der Waals surface area contributed by atoms with E-state index in [4.69, 9.17) is 0 Å². The lowest BCUT2D eigenvalue weighted by Gasteiger charge is -2.29.